The van der Waals surface area contributed by atoms with Crippen molar-refractivity contribution in [2.75, 3.05) is 0 Å². The van der Waals surface area contributed by atoms with E-state index in [1.54, 1.807) is 48.8 Å². The van der Waals surface area contributed by atoms with Gasteiger partial charge in [-0.05, 0) is 36.4 Å². The number of aromatic nitrogens is 4. The first-order valence-corrected chi connectivity index (χ1v) is 6.42. The van der Waals surface area contributed by atoms with E-state index >= 15 is 0 Å². The zero-order valence-corrected chi connectivity index (χ0v) is 11.4. The smallest absolute Gasteiger partial charge is 0.248 e. The number of pyridine rings is 1. The number of benzene rings is 1. The standard InChI is InChI=1S/C15H11N5O2/c16-15(22)11-1-3-12(4-2-11)20-14(13(9-21)18-19-20)10-5-7-17-8-6-10/h1-9H,(H2,16,22). The average molecular weight is 293 g/mol. The summed E-state index contributed by atoms with van der Waals surface area (Å²) in [5.41, 5.74) is 7.83. The Labute approximate surface area is 125 Å². The number of carbonyl (C=O) groups excluding carboxylic acids is 2. The highest BCUT2D eigenvalue weighted by Crippen LogP contribution is 2.23. The Morgan fingerprint density at radius 3 is 2.36 bits per heavy atom. The Hall–Kier alpha value is -3.35. The highest BCUT2D eigenvalue weighted by Gasteiger charge is 2.15. The fourth-order valence-corrected chi connectivity index (χ4v) is 2.10. The van der Waals surface area contributed by atoms with Crippen LogP contribution >= 0.6 is 0 Å². The van der Waals surface area contributed by atoms with Gasteiger partial charge in [0.15, 0.2) is 12.0 Å². The molecule has 2 heterocycles. The lowest BCUT2D eigenvalue weighted by Crippen LogP contribution is -2.11. The van der Waals surface area contributed by atoms with Crippen LogP contribution in [0.5, 0.6) is 0 Å². The maximum absolute atomic E-state index is 11.2. The summed E-state index contributed by atoms with van der Waals surface area (Å²) in [4.78, 5) is 26.3. The molecule has 3 aromatic rings. The highest BCUT2D eigenvalue weighted by molar-refractivity contribution is 5.93. The van der Waals surface area contributed by atoms with E-state index < -0.39 is 5.91 Å². The van der Waals surface area contributed by atoms with Gasteiger partial charge in [0.1, 0.15) is 5.69 Å². The molecule has 0 aliphatic heterocycles. The van der Waals surface area contributed by atoms with Gasteiger partial charge in [0, 0.05) is 23.5 Å². The minimum absolute atomic E-state index is 0.227. The average Bonchev–Trinajstić information content (AvgIpc) is 2.99. The molecule has 0 saturated carbocycles. The minimum atomic E-state index is -0.506. The predicted octanol–water partition coefficient (Wildman–Crippen LogP) is 1.24. The van der Waals surface area contributed by atoms with Crippen LogP contribution in [0.4, 0.5) is 0 Å². The molecule has 0 fully saturated rings. The van der Waals surface area contributed by atoms with Gasteiger partial charge in [0.2, 0.25) is 5.91 Å². The molecule has 7 nitrogen and oxygen atoms in total. The molecule has 0 atom stereocenters. The van der Waals surface area contributed by atoms with Crippen molar-refractivity contribution < 1.29 is 9.59 Å². The molecule has 7 heteroatoms. The maximum Gasteiger partial charge on any atom is 0.248 e. The molecule has 0 bridgehead atoms. The maximum atomic E-state index is 11.2. The van der Waals surface area contributed by atoms with E-state index in [-0.39, 0.29) is 5.69 Å². The summed E-state index contributed by atoms with van der Waals surface area (Å²) >= 11 is 0. The number of nitrogens with zero attached hydrogens (tertiary/aromatic N) is 4. The van der Waals surface area contributed by atoms with Crippen molar-refractivity contribution in [1.82, 2.24) is 20.0 Å². The molecular weight excluding hydrogens is 282 g/mol. The monoisotopic (exact) mass is 293 g/mol. The van der Waals surface area contributed by atoms with Crippen molar-refractivity contribution in [1.29, 1.82) is 0 Å². The first kappa shape index (κ1) is 13.6. The second kappa shape index (κ2) is 5.57. The second-order valence-electron chi connectivity index (χ2n) is 4.50. The molecule has 22 heavy (non-hydrogen) atoms. The molecule has 0 aliphatic carbocycles. The molecule has 2 aromatic heterocycles. The largest absolute Gasteiger partial charge is 0.366 e. The van der Waals surface area contributed by atoms with Crippen LogP contribution in [-0.4, -0.2) is 32.2 Å². The zero-order valence-electron chi connectivity index (χ0n) is 11.4. The Balaban J connectivity index is 2.14. The van der Waals surface area contributed by atoms with E-state index in [4.69, 9.17) is 5.73 Å². The van der Waals surface area contributed by atoms with Crippen LogP contribution in [0, 0.1) is 0 Å². The van der Waals surface area contributed by atoms with Crippen LogP contribution in [0.1, 0.15) is 20.8 Å². The molecule has 0 radical (unpaired) electrons. The number of primary amides is 1. The van der Waals surface area contributed by atoms with Crippen LogP contribution in [0.25, 0.3) is 16.9 Å². The normalized spacial score (nSPS) is 10.4. The third-order valence-electron chi connectivity index (χ3n) is 3.16. The summed E-state index contributed by atoms with van der Waals surface area (Å²) in [5.74, 6) is -0.506. The summed E-state index contributed by atoms with van der Waals surface area (Å²) in [6, 6.07) is 10.1. The van der Waals surface area contributed by atoms with Gasteiger partial charge in [-0.25, -0.2) is 4.68 Å². The predicted molar refractivity (Wildman–Crippen MR) is 78.5 cm³/mol. The van der Waals surface area contributed by atoms with E-state index in [0.29, 0.717) is 23.2 Å². The molecule has 0 aliphatic rings. The van der Waals surface area contributed by atoms with E-state index in [1.807, 2.05) is 0 Å². The summed E-state index contributed by atoms with van der Waals surface area (Å²) in [7, 11) is 0. The Morgan fingerprint density at radius 1 is 1.09 bits per heavy atom. The van der Waals surface area contributed by atoms with Crippen molar-refractivity contribution in [2.24, 2.45) is 5.73 Å². The SMILES string of the molecule is NC(=O)c1ccc(-n2nnc(C=O)c2-c2ccncc2)cc1. The minimum Gasteiger partial charge on any atom is -0.366 e. The number of hydrogen-bond acceptors (Lipinski definition) is 5. The topological polar surface area (TPSA) is 104 Å². The molecule has 108 valence electrons. The number of hydrogen-bond donors (Lipinski definition) is 1. The summed E-state index contributed by atoms with van der Waals surface area (Å²) in [5, 5.41) is 7.88. The van der Waals surface area contributed by atoms with Crippen LogP contribution in [0.3, 0.4) is 0 Å². The summed E-state index contributed by atoms with van der Waals surface area (Å²) in [6.07, 6.45) is 3.89. The van der Waals surface area contributed by atoms with Crippen LogP contribution in [-0.2, 0) is 0 Å². The van der Waals surface area contributed by atoms with Gasteiger partial charge < -0.3 is 5.73 Å². The molecule has 3 rings (SSSR count). The van der Waals surface area contributed by atoms with E-state index in [0.717, 1.165) is 5.56 Å². The Kier molecular flexibility index (Phi) is 3.45. The van der Waals surface area contributed by atoms with Crippen molar-refractivity contribution >= 4 is 12.2 Å². The van der Waals surface area contributed by atoms with Crippen LogP contribution in [0.15, 0.2) is 48.8 Å². The molecule has 1 amide bonds. The van der Waals surface area contributed by atoms with Crippen molar-refractivity contribution in [3.63, 3.8) is 0 Å². The third-order valence-corrected chi connectivity index (χ3v) is 3.16. The quantitative estimate of drug-likeness (QED) is 0.729. The third kappa shape index (κ3) is 2.35. The lowest BCUT2D eigenvalue weighted by molar-refractivity contribution is 0.1000. The van der Waals surface area contributed by atoms with Crippen molar-refractivity contribution in [3.05, 3.63) is 60.0 Å². The van der Waals surface area contributed by atoms with E-state index in [2.05, 4.69) is 15.3 Å². The zero-order chi connectivity index (χ0) is 15.5. The summed E-state index contributed by atoms with van der Waals surface area (Å²) < 4.78 is 1.53. The van der Waals surface area contributed by atoms with Gasteiger partial charge in [-0.1, -0.05) is 5.21 Å². The van der Waals surface area contributed by atoms with E-state index in [1.165, 1.54) is 4.68 Å². The van der Waals surface area contributed by atoms with Gasteiger partial charge in [-0.2, -0.15) is 0 Å². The van der Waals surface area contributed by atoms with Gasteiger partial charge in [0.25, 0.3) is 0 Å². The first-order valence-electron chi connectivity index (χ1n) is 6.42. The number of rotatable bonds is 4. The summed E-state index contributed by atoms with van der Waals surface area (Å²) in [6.45, 7) is 0. The fraction of sp³-hybridized carbons (Fsp3) is 0. The molecule has 0 spiro atoms. The highest BCUT2D eigenvalue weighted by atomic mass is 16.1. The van der Waals surface area contributed by atoms with Crippen LogP contribution in [0.2, 0.25) is 0 Å². The molecule has 1 aromatic carbocycles. The Morgan fingerprint density at radius 2 is 1.77 bits per heavy atom. The van der Waals surface area contributed by atoms with E-state index in [9.17, 15) is 9.59 Å². The second-order valence-corrected chi connectivity index (χ2v) is 4.50. The van der Waals surface area contributed by atoms with Crippen molar-refractivity contribution in [3.8, 4) is 16.9 Å². The van der Waals surface area contributed by atoms with Crippen LogP contribution < -0.4 is 5.73 Å². The lowest BCUT2D eigenvalue weighted by atomic mass is 10.1. The Bertz CT molecular complexity index is 825. The number of aldehydes is 1. The molecule has 0 saturated heterocycles. The van der Waals surface area contributed by atoms with Gasteiger partial charge >= 0.3 is 0 Å². The van der Waals surface area contributed by atoms with Gasteiger partial charge in [0.05, 0.1) is 5.69 Å². The first-order chi connectivity index (χ1) is 10.7. The number of carbonyl (C=O) groups is 2. The number of amides is 1. The van der Waals surface area contributed by atoms with Gasteiger partial charge in [-0.3, -0.25) is 14.6 Å². The number of nitrogens with two attached hydrogens (primary N) is 1. The molecular formula is C15H11N5O2. The molecule has 0 unspecified atom stereocenters. The molecule has 2 N–H and O–H groups in total. The van der Waals surface area contributed by atoms with Crippen molar-refractivity contribution in [2.45, 2.75) is 0 Å². The fourth-order valence-electron chi connectivity index (χ4n) is 2.10. The van der Waals surface area contributed by atoms with Gasteiger partial charge in [-0.15, -0.1) is 5.10 Å². The lowest BCUT2D eigenvalue weighted by Gasteiger charge is -2.07.